The molecule has 1 aliphatic rings. The fourth-order valence-electron chi connectivity index (χ4n) is 2.75. The Morgan fingerprint density at radius 2 is 2.04 bits per heavy atom. The molecule has 0 unspecified atom stereocenters. The Labute approximate surface area is 161 Å². The summed E-state index contributed by atoms with van der Waals surface area (Å²) >= 11 is 5.71. The Hall–Kier alpha value is -1.93. The van der Waals surface area contributed by atoms with Gasteiger partial charge in [-0.2, -0.15) is 0 Å². The van der Waals surface area contributed by atoms with Gasteiger partial charge in [-0.3, -0.25) is 9.69 Å². The maximum absolute atomic E-state index is 14.7. The van der Waals surface area contributed by atoms with Crippen LogP contribution < -0.4 is 5.32 Å². The smallest absolute Gasteiger partial charge is 0.411 e. The van der Waals surface area contributed by atoms with Crippen LogP contribution in [-0.2, 0) is 20.8 Å². The van der Waals surface area contributed by atoms with Crippen molar-refractivity contribution in [3.63, 3.8) is 0 Å². The molecule has 2 rings (SSSR count). The molecule has 0 saturated carbocycles. The summed E-state index contributed by atoms with van der Waals surface area (Å²) in [5.74, 6) is -1.44. The molecule has 1 aromatic rings. The Kier molecular flexibility index (Phi) is 6.64. The first-order valence-electron chi connectivity index (χ1n) is 8.42. The van der Waals surface area contributed by atoms with Crippen molar-refractivity contribution in [2.75, 3.05) is 13.7 Å². The maximum Gasteiger partial charge on any atom is 0.411 e. The van der Waals surface area contributed by atoms with Crippen LogP contribution in [0.4, 0.5) is 13.6 Å². The van der Waals surface area contributed by atoms with Gasteiger partial charge < -0.3 is 14.8 Å². The zero-order valence-electron chi connectivity index (χ0n) is 15.6. The SMILES string of the molecule is CO[C@@H]1CN(C(=O)OC(C)(C)C)[C@H](C(=O)NCc2cccc(Cl)c2F)[C@H]1F. The number of benzene rings is 1. The van der Waals surface area contributed by atoms with Crippen molar-refractivity contribution < 1.29 is 27.8 Å². The molecular weight excluding hydrogens is 382 g/mol. The van der Waals surface area contributed by atoms with Crippen LogP contribution in [0.15, 0.2) is 18.2 Å². The molecular formula is C18H23ClF2N2O4. The highest BCUT2D eigenvalue weighted by Crippen LogP contribution is 2.26. The number of alkyl halides is 1. The Bertz CT molecular complexity index is 711. The molecule has 0 aromatic heterocycles. The van der Waals surface area contributed by atoms with Gasteiger partial charge in [-0.25, -0.2) is 13.6 Å². The lowest BCUT2D eigenvalue weighted by Gasteiger charge is -2.28. The minimum atomic E-state index is -1.74. The maximum atomic E-state index is 14.7. The largest absolute Gasteiger partial charge is 0.444 e. The van der Waals surface area contributed by atoms with Gasteiger partial charge in [0.15, 0.2) is 6.17 Å². The molecule has 6 nitrogen and oxygen atoms in total. The zero-order valence-corrected chi connectivity index (χ0v) is 16.3. The zero-order chi connectivity index (χ0) is 20.4. The lowest BCUT2D eigenvalue weighted by Crippen LogP contribution is -2.50. The lowest BCUT2D eigenvalue weighted by atomic mass is 10.1. The van der Waals surface area contributed by atoms with E-state index in [0.29, 0.717) is 0 Å². The molecule has 0 bridgehead atoms. The number of ether oxygens (including phenoxy) is 2. The molecule has 2 amide bonds. The lowest BCUT2D eigenvalue weighted by molar-refractivity contribution is -0.127. The van der Waals surface area contributed by atoms with Crippen molar-refractivity contribution >= 4 is 23.6 Å². The van der Waals surface area contributed by atoms with Gasteiger partial charge in [0.25, 0.3) is 0 Å². The second kappa shape index (κ2) is 8.39. The molecule has 0 spiro atoms. The molecule has 1 aromatic carbocycles. The fourth-order valence-corrected chi connectivity index (χ4v) is 2.95. The molecule has 27 heavy (non-hydrogen) atoms. The molecule has 1 N–H and O–H groups in total. The number of carbonyl (C=O) groups excluding carboxylic acids is 2. The van der Waals surface area contributed by atoms with Gasteiger partial charge in [-0.15, -0.1) is 0 Å². The van der Waals surface area contributed by atoms with Crippen molar-refractivity contribution in [2.24, 2.45) is 0 Å². The Morgan fingerprint density at radius 1 is 1.37 bits per heavy atom. The van der Waals surface area contributed by atoms with E-state index < -0.39 is 41.7 Å². The second-order valence-electron chi connectivity index (χ2n) is 7.23. The first kappa shape index (κ1) is 21.4. The normalized spacial score (nSPS) is 22.6. The second-order valence-corrected chi connectivity index (χ2v) is 7.63. The highest BCUT2D eigenvalue weighted by molar-refractivity contribution is 6.30. The first-order chi connectivity index (χ1) is 12.5. The van der Waals surface area contributed by atoms with Gasteiger partial charge >= 0.3 is 6.09 Å². The number of methoxy groups -OCH3 is 1. The number of nitrogens with one attached hydrogen (secondary N) is 1. The van der Waals surface area contributed by atoms with E-state index >= 15 is 0 Å². The standard InChI is InChI=1S/C18H23ClF2N2O4/c1-18(2,3)27-17(25)23-9-12(26-4)14(21)15(23)16(24)22-8-10-6-5-7-11(19)13(10)20/h5-7,12,14-15H,8-9H2,1-4H3,(H,22,24)/t12-,14+,15+/m1/s1. The topological polar surface area (TPSA) is 67.9 Å². The number of likely N-dealkylation sites (tertiary alicyclic amines) is 1. The number of nitrogens with zero attached hydrogens (tertiary/aromatic N) is 1. The van der Waals surface area contributed by atoms with Crippen molar-refractivity contribution in [2.45, 2.75) is 51.2 Å². The van der Waals surface area contributed by atoms with E-state index in [9.17, 15) is 18.4 Å². The number of amides is 2. The van der Waals surface area contributed by atoms with Crippen LogP contribution in [0.2, 0.25) is 5.02 Å². The monoisotopic (exact) mass is 404 g/mol. The minimum Gasteiger partial charge on any atom is -0.444 e. The minimum absolute atomic E-state index is 0.0826. The molecule has 3 atom stereocenters. The van der Waals surface area contributed by atoms with E-state index in [1.54, 1.807) is 20.8 Å². The average Bonchev–Trinajstić information content (AvgIpc) is 2.91. The van der Waals surface area contributed by atoms with Crippen LogP contribution in [0.5, 0.6) is 0 Å². The fraction of sp³-hybridized carbons (Fsp3) is 0.556. The van der Waals surface area contributed by atoms with E-state index in [1.807, 2.05) is 0 Å². The van der Waals surface area contributed by atoms with Crippen LogP contribution in [0, 0.1) is 5.82 Å². The molecule has 1 saturated heterocycles. The van der Waals surface area contributed by atoms with Crippen molar-refractivity contribution in [3.8, 4) is 0 Å². The van der Waals surface area contributed by atoms with Crippen LogP contribution in [0.25, 0.3) is 0 Å². The third-order valence-corrected chi connectivity index (χ3v) is 4.35. The number of hydrogen-bond donors (Lipinski definition) is 1. The van der Waals surface area contributed by atoms with Crippen LogP contribution >= 0.6 is 11.6 Å². The number of rotatable bonds is 4. The molecule has 1 heterocycles. The van der Waals surface area contributed by atoms with Gasteiger partial charge in [0.05, 0.1) is 11.6 Å². The van der Waals surface area contributed by atoms with Gasteiger partial charge in [0.1, 0.15) is 23.6 Å². The summed E-state index contributed by atoms with van der Waals surface area (Å²) in [7, 11) is 1.30. The van der Waals surface area contributed by atoms with Crippen molar-refractivity contribution in [1.29, 1.82) is 0 Å². The summed E-state index contributed by atoms with van der Waals surface area (Å²) in [5.41, 5.74) is -0.657. The summed E-state index contributed by atoms with van der Waals surface area (Å²) in [5, 5.41) is 2.37. The van der Waals surface area contributed by atoms with Crippen LogP contribution in [0.1, 0.15) is 26.3 Å². The van der Waals surface area contributed by atoms with E-state index in [4.69, 9.17) is 21.1 Å². The van der Waals surface area contributed by atoms with E-state index in [0.717, 1.165) is 4.90 Å². The van der Waals surface area contributed by atoms with Crippen LogP contribution in [-0.4, -0.2) is 54.5 Å². The summed E-state index contributed by atoms with van der Waals surface area (Å²) < 4.78 is 38.9. The van der Waals surface area contributed by atoms with Gasteiger partial charge in [-0.05, 0) is 26.8 Å². The molecule has 0 radical (unpaired) electrons. The quantitative estimate of drug-likeness (QED) is 0.837. The molecule has 0 aliphatic carbocycles. The van der Waals surface area contributed by atoms with E-state index in [-0.39, 0.29) is 23.7 Å². The molecule has 9 heteroatoms. The van der Waals surface area contributed by atoms with Gasteiger partial charge in [0, 0.05) is 19.2 Å². The Morgan fingerprint density at radius 3 is 2.63 bits per heavy atom. The van der Waals surface area contributed by atoms with Crippen LogP contribution in [0.3, 0.4) is 0 Å². The first-order valence-corrected chi connectivity index (χ1v) is 8.80. The highest BCUT2D eigenvalue weighted by Gasteiger charge is 2.50. The number of halogens is 3. The average molecular weight is 405 g/mol. The molecule has 150 valence electrons. The molecule has 1 aliphatic heterocycles. The summed E-state index contributed by atoms with van der Waals surface area (Å²) in [4.78, 5) is 25.9. The number of hydrogen-bond acceptors (Lipinski definition) is 4. The predicted molar refractivity (Wildman–Crippen MR) is 95.7 cm³/mol. The Balaban J connectivity index is 2.14. The summed E-state index contributed by atoms with van der Waals surface area (Å²) in [6.07, 6.45) is -3.53. The summed E-state index contributed by atoms with van der Waals surface area (Å²) in [6.45, 7) is 4.67. The van der Waals surface area contributed by atoms with E-state index in [1.165, 1.54) is 25.3 Å². The third-order valence-electron chi connectivity index (χ3n) is 4.05. The summed E-state index contributed by atoms with van der Waals surface area (Å²) in [6, 6.07) is 2.93. The van der Waals surface area contributed by atoms with Crippen molar-refractivity contribution in [3.05, 3.63) is 34.6 Å². The van der Waals surface area contributed by atoms with E-state index in [2.05, 4.69) is 5.32 Å². The van der Waals surface area contributed by atoms with Crippen molar-refractivity contribution in [1.82, 2.24) is 10.2 Å². The third kappa shape index (κ3) is 5.07. The molecule has 1 fully saturated rings. The predicted octanol–water partition coefficient (Wildman–Crippen LogP) is 3.07. The highest BCUT2D eigenvalue weighted by atomic mass is 35.5. The van der Waals surface area contributed by atoms with Gasteiger partial charge in [0.2, 0.25) is 5.91 Å². The number of carbonyl (C=O) groups is 2. The van der Waals surface area contributed by atoms with Gasteiger partial charge in [-0.1, -0.05) is 23.7 Å².